The Kier molecular flexibility index (Phi) is 6.57. The molecule has 1 saturated heterocycles. The molecule has 4 nitrogen and oxygen atoms in total. The van der Waals surface area contributed by atoms with Crippen LogP contribution in [0.3, 0.4) is 0 Å². The molecule has 0 unspecified atom stereocenters. The van der Waals surface area contributed by atoms with Crippen molar-refractivity contribution in [2.45, 2.75) is 25.6 Å². The van der Waals surface area contributed by atoms with Crippen LogP contribution in [-0.2, 0) is 12.6 Å². The number of methoxy groups -OCH3 is 2. The molecule has 0 aliphatic carbocycles. The van der Waals surface area contributed by atoms with Crippen LogP contribution in [0.2, 0.25) is 0 Å². The fourth-order valence-corrected chi connectivity index (χ4v) is 3.77. The minimum atomic E-state index is -4.32. The standard InChI is InChI=1S/C22H27F3N2O2/c1-16(13-17-7-8-20(28-2)15-21(17)29-3)26-9-11-27(12-10-26)19-6-4-5-18(14-19)22(23,24)25/h4-8,14-16H,9-13H2,1-3H3/t16-/m0/s1. The lowest BCUT2D eigenvalue weighted by atomic mass is 10.0. The number of alkyl halides is 3. The second-order valence-electron chi connectivity index (χ2n) is 7.30. The number of anilines is 1. The largest absolute Gasteiger partial charge is 0.497 e. The van der Waals surface area contributed by atoms with E-state index in [1.54, 1.807) is 20.3 Å². The van der Waals surface area contributed by atoms with Gasteiger partial charge in [0, 0.05) is 44.0 Å². The average molecular weight is 408 g/mol. The van der Waals surface area contributed by atoms with E-state index in [2.05, 4.69) is 11.8 Å². The lowest BCUT2D eigenvalue weighted by molar-refractivity contribution is -0.137. The predicted molar refractivity (Wildman–Crippen MR) is 108 cm³/mol. The molecule has 0 N–H and O–H groups in total. The van der Waals surface area contributed by atoms with Gasteiger partial charge < -0.3 is 14.4 Å². The number of ether oxygens (including phenoxy) is 2. The first kappa shape index (κ1) is 21.3. The van der Waals surface area contributed by atoms with E-state index in [9.17, 15) is 13.2 Å². The van der Waals surface area contributed by atoms with Crippen LogP contribution in [0, 0.1) is 0 Å². The summed E-state index contributed by atoms with van der Waals surface area (Å²) in [5.41, 5.74) is 1.14. The average Bonchev–Trinajstić information content (AvgIpc) is 2.73. The topological polar surface area (TPSA) is 24.9 Å². The van der Waals surface area contributed by atoms with Crippen LogP contribution in [0.4, 0.5) is 18.9 Å². The quantitative estimate of drug-likeness (QED) is 0.704. The maximum atomic E-state index is 13.0. The summed E-state index contributed by atoms with van der Waals surface area (Å²) >= 11 is 0. The van der Waals surface area contributed by atoms with Crippen LogP contribution in [0.1, 0.15) is 18.1 Å². The molecular weight excluding hydrogens is 381 g/mol. The number of nitrogens with zero attached hydrogens (tertiary/aromatic N) is 2. The summed E-state index contributed by atoms with van der Waals surface area (Å²) in [5.74, 6) is 1.56. The van der Waals surface area contributed by atoms with Crippen molar-refractivity contribution in [2.24, 2.45) is 0 Å². The molecule has 1 heterocycles. The van der Waals surface area contributed by atoms with Gasteiger partial charge in [-0.2, -0.15) is 13.2 Å². The van der Waals surface area contributed by atoms with Gasteiger partial charge in [-0.1, -0.05) is 12.1 Å². The van der Waals surface area contributed by atoms with E-state index in [4.69, 9.17) is 9.47 Å². The third-order valence-electron chi connectivity index (χ3n) is 5.49. The number of hydrogen-bond donors (Lipinski definition) is 0. The summed E-state index contributed by atoms with van der Waals surface area (Å²) < 4.78 is 49.7. The third-order valence-corrected chi connectivity index (χ3v) is 5.49. The second-order valence-corrected chi connectivity index (χ2v) is 7.30. The van der Waals surface area contributed by atoms with Crippen molar-refractivity contribution < 1.29 is 22.6 Å². The Balaban J connectivity index is 1.61. The van der Waals surface area contributed by atoms with E-state index in [0.717, 1.165) is 42.6 Å². The summed E-state index contributed by atoms with van der Waals surface area (Å²) in [5, 5.41) is 0. The Labute approximate surface area is 169 Å². The van der Waals surface area contributed by atoms with Crippen molar-refractivity contribution in [2.75, 3.05) is 45.3 Å². The molecule has 29 heavy (non-hydrogen) atoms. The van der Waals surface area contributed by atoms with Crippen molar-refractivity contribution in [3.63, 3.8) is 0 Å². The normalized spacial score (nSPS) is 16.6. The molecule has 2 aromatic carbocycles. The van der Waals surface area contributed by atoms with E-state index in [0.29, 0.717) is 24.8 Å². The first-order valence-corrected chi connectivity index (χ1v) is 9.69. The maximum Gasteiger partial charge on any atom is 0.416 e. The highest BCUT2D eigenvalue weighted by Gasteiger charge is 2.31. The summed E-state index contributed by atoms with van der Waals surface area (Å²) in [6, 6.07) is 11.7. The van der Waals surface area contributed by atoms with Gasteiger partial charge in [-0.3, -0.25) is 4.90 Å². The van der Waals surface area contributed by atoms with Crippen LogP contribution >= 0.6 is 0 Å². The fraction of sp³-hybridized carbons (Fsp3) is 0.455. The minimum absolute atomic E-state index is 0.293. The second kappa shape index (κ2) is 8.95. The molecule has 0 amide bonds. The molecule has 158 valence electrons. The van der Waals surface area contributed by atoms with Crippen molar-refractivity contribution >= 4 is 5.69 Å². The van der Waals surface area contributed by atoms with Gasteiger partial charge in [0.2, 0.25) is 0 Å². The van der Waals surface area contributed by atoms with E-state index < -0.39 is 11.7 Å². The first-order chi connectivity index (χ1) is 13.8. The van der Waals surface area contributed by atoms with Crippen molar-refractivity contribution in [1.29, 1.82) is 0 Å². The summed E-state index contributed by atoms with van der Waals surface area (Å²) in [7, 11) is 3.28. The summed E-state index contributed by atoms with van der Waals surface area (Å²) in [6.07, 6.45) is -3.49. The van der Waals surface area contributed by atoms with Gasteiger partial charge in [0.25, 0.3) is 0 Å². The molecule has 1 aliphatic heterocycles. The number of halogens is 3. The number of piperazine rings is 1. The SMILES string of the molecule is COc1ccc(C[C@H](C)N2CCN(c3cccc(C(F)(F)F)c3)CC2)c(OC)c1. The molecule has 3 rings (SSSR count). The van der Waals surface area contributed by atoms with Gasteiger partial charge in [-0.15, -0.1) is 0 Å². The molecule has 0 radical (unpaired) electrons. The van der Waals surface area contributed by atoms with Crippen molar-refractivity contribution in [1.82, 2.24) is 4.90 Å². The van der Waals surface area contributed by atoms with E-state index in [-0.39, 0.29) is 0 Å². The zero-order chi connectivity index (χ0) is 21.0. The van der Waals surface area contributed by atoms with Gasteiger partial charge in [0.05, 0.1) is 19.8 Å². The molecule has 7 heteroatoms. The highest BCUT2D eigenvalue weighted by molar-refractivity contribution is 5.49. The number of hydrogen-bond acceptors (Lipinski definition) is 4. The summed E-state index contributed by atoms with van der Waals surface area (Å²) in [6.45, 7) is 5.17. The molecule has 1 fully saturated rings. The van der Waals surface area contributed by atoms with Crippen molar-refractivity contribution in [3.8, 4) is 11.5 Å². The molecule has 0 spiro atoms. The lowest BCUT2D eigenvalue weighted by Crippen LogP contribution is -2.50. The molecule has 2 aromatic rings. The number of rotatable bonds is 6. The zero-order valence-corrected chi connectivity index (χ0v) is 17.0. The van der Waals surface area contributed by atoms with Crippen LogP contribution in [-0.4, -0.2) is 51.3 Å². The summed E-state index contributed by atoms with van der Waals surface area (Å²) in [4.78, 5) is 4.39. The molecule has 0 bridgehead atoms. The molecule has 1 aliphatic rings. The van der Waals surface area contributed by atoms with E-state index in [1.807, 2.05) is 23.1 Å². The van der Waals surface area contributed by atoms with Crippen LogP contribution < -0.4 is 14.4 Å². The van der Waals surface area contributed by atoms with E-state index in [1.165, 1.54) is 12.1 Å². The highest BCUT2D eigenvalue weighted by atomic mass is 19.4. The number of benzene rings is 2. The van der Waals surface area contributed by atoms with Crippen LogP contribution in [0.5, 0.6) is 11.5 Å². The Morgan fingerprint density at radius 2 is 1.69 bits per heavy atom. The minimum Gasteiger partial charge on any atom is -0.497 e. The van der Waals surface area contributed by atoms with E-state index >= 15 is 0 Å². The smallest absolute Gasteiger partial charge is 0.416 e. The molecule has 0 aromatic heterocycles. The molecule has 1 atom stereocenters. The molecular formula is C22H27F3N2O2. The Morgan fingerprint density at radius 3 is 2.31 bits per heavy atom. The fourth-order valence-electron chi connectivity index (χ4n) is 3.77. The Hall–Kier alpha value is -2.41. The third kappa shape index (κ3) is 5.15. The van der Waals surface area contributed by atoms with Gasteiger partial charge in [-0.05, 0) is 43.2 Å². The van der Waals surface area contributed by atoms with Gasteiger partial charge in [-0.25, -0.2) is 0 Å². The van der Waals surface area contributed by atoms with Gasteiger partial charge in [0.1, 0.15) is 11.5 Å². The highest BCUT2D eigenvalue weighted by Crippen LogP contribution is 2.32. The zero-order valence-electron chi connectivity index (χ0n) is 17.0. The van der Waals surface area contributed by atoms with Crippen LogP contribution in [0.15, 0.2) is 42.5 Å². The van der Waals surface area contributed by atoms with Gasteiger partial charge in [0.15, 0.2) is 0 Å². The molecule has 0 saturated carbocycles. The lowest BCUT2D eigenvalue weighted by Gasteiger charge is -2.39. The van der Waals surface area contributed by atoms with Crippen LogP contribution in [0.25, 0.3) is 0 Å². The van der Waals surface area contributed by atoms with Crippen molar-refractivity contribution in [3.05, 3.63) is 53.6 Å². The predicted octanol–water partition coefficient (Wildman–Crippen LogP) is 4.48. The maximum absolute atomic E-state index is 13.0. The Morgan fingerprint density at radius 1 is 0.966 bits per heavy atom. The first-order valence-electron chi connectivity index (χ1n) is 9.69. The van der Waals surface area contributed by atoms with Gasteiger partial charge >= 0.3 is 6.18 Å². The Bertz CT molecular complexity index is 818. The monoisotopic (exact) mass is 408 g/mol.